The third-order valence-corrected chi connectivity index (χ3v) is 6.03. The number of aromatic nitrogens is 1. The average molecular weight is 354 g/mol. The van der Waals surface area contributed by atoms with E-state index in [1.54, 1.807) is 18.3 Å². The normalized spacial score (nSPS) is 21.8. The topological polar surface area (TPSA) is 76.3 Å². The Morgan fingerprint density at radius 2 is 1.87 bits per heavy atom. The molecule has 2 atom stereocenters. The van der Waals surface area contributed by atoms with E-state index in [4.69, 9.17) is 5.73 Å². The Bertz CT molecular complexity index is 726. The van der Waals surface area contributed by atoms with Crippen LogP contribution in [0.15, 0.2) is 59.8 Å². The van der Waals surface area contributed by atoms with Crippen LogP contribution in [-0.2, 0) is 10.0 Å². The molecule has 2 N–H and O–H groups in total. The summed E-state index contributed by atoms with van der Waals surface area (Å²) in [5.74, 6) is 0.270. The predicted octanol–water partition coefficient (Wildman–Crippen LogP) is 1.87. The maximum atomic E-state index is 12.7. The molecular weight excluding hydrogens is 334 g/mol. The Balaban J connectivity index is 0.00000192. The van der Waals surface area contributed by atoms with Crippen molar-refractivity contribution < 1.29 is 8.42 Å². The molecule has 1 aliphatic heterocycles. The van der Waals surface area contributed by atoms with Gasteiger partial charge in [0, 0.05) is 31.4 Å². The molecule has 0 aliphatic carbocycles. The van der Waals surface area contributed by atoms with Crippen LogP contribution in [0, 0.1) is 5.92 Å². The molecule has 0 saturated carbocycles. The van der Waals surface area contributed by atoms with Crippen molar-refractivity contribution in [3.8, 4) is 0 Å². The molecule has 5 nitrogen and oxygen atoms in total. The molecule has 3 rings (SSSR count). The molecule has 1 aromatic heterocycles. The predicted molar refractivity (Wildman–Crippen MR) is 92.0 cm³/mol. The minimum absolute atomic E-state index is 0. The van der Waals surface area contributed by atoms with Gasteiger partial charge in [0.1, 0.15) is 4.90 Å². The molecule has 0 unspecified atom stereocenters. The summed E-state index contributed by atoms with van der Waals surface area (Å²) < 4.78 is 27.0. The maximum Gasteiger partial charge on any atom is 0.244 e. The van der Waals surface area contributed by atoms with Gasteiger partial charge in [-0.25, -0.2) is 8.42 Å². The first-order valence-corrected chi connectivity index (χ1v) is 8.72. The van der Waals surface area contributed by atoms with Gasteiger partial charge in [-0.05, 0) is 30.2 Å². The summed E-state index contributed by atoms with van der Waals surface area (Å²) in [6.07, 6.45) is 2.96. The highest BCUT2D eigenvalue weighted by Gasteiger charge is 2.39. The largest absolute Gasteiger partial charge is 0.330 e. The van der Waals surface area contributed by atoms with Gasteiger partial charge in [0.2, 0.25) is 10.0 Å². The van der Waals surface area contributed by atoms with E-state index in [-0.39, 0.29) is 29.1 Å². The number of benzene rings is 1. The standard InChI is InChI=1S/C16H19N3O2S.ClH/c17-9-14-11-19(12-16(14)13-5-2-1-3-6-13)22(20,21)15-7-4-8-18-10-15;/h1-8,10,14,16H,9,11-12,17H2;1H/t14-,16+;/m1./s1. The molecule has 1 aromatic carbocycles. The van der Waals surface area contributed by atoms with E-state index < -0.39 is 10.0 Å². The van der Waals surface area contributed by atoms with Crippen LogP contribution >= 0.6 is 12.4 Å². The lowest BCUT2D eigenvalue weighted by Crippen LogP contribution is -2.30. The molecule has 1 aliphatic rings. The summed E-state index contributed by atoms with van der Waals surface area (Å²) in [4.78, 5) is 4.14. The van der Waals surface area contributed by atoms with E-state index in [1.807, 2.05) is 30.3 Å². The van der Waals surface area contributed by atoms with Crippen LogP contribution in [-0.4, -0.2) is 37.3 Å². The molecule has 1 saturated heterocycles. The van der Waals surface area contributed by atoms with Crippen molar-refractivity contribution >= 4 is 22.4 Å². The second-order valence-electron chi connectivity index (χ2n) is 5.52. The Kier molecular flexibility index (Phi) is 5.75. The van der Waals surface area contributed by atoms with E-state index in [9.17, 15) is 8.42 Å². The first kappa shape index (κ1) is 17.9. The lowest BCUT2D eigenvalue weighted by atomic mass is 9.89. The van der Waals surface area contributed by atoms with Gasteiger partial charge in [0.05, 0.1) is 0 Å². The zero-order valence-corrected chi connectivity index (χ0v) is 14.2. The SMILES string of the molecule is Cl.NC[C@@H]1CN(S(=O)(=O)c2cccnc2)C[C@H]1c1ccccc1. The highest BCUT2D eigenvalue weighted by molar-refractivity contribution is 7.89. The monoisotopic (exact) mass is 353 g/mol. The minimum atomic E-state index is -3.51. The van der Waals surface area contributed by atoms with Crippen LogP contribution in [0.1, 0.15) is 11.5 Å². The molecule has 1 fully saturated rings. The van der Waals surface area contributed by atoms with Crippen molar-refractivity contribution in [2.75, 3.05) is 19.6 Å². The summed E-state index contributed by atoms with van der Waals surface area (Å²) in [5.41, 5.74) is 7.01. The quantitative estimate of drug-likeness (QED) is 0.910. The highest BCUT2D eigenvalue weighted by Crippen LogP contribution is 2.34. The van der Waals surface area contributed by atoms with Gasteiger partial charge in [-0.15, -0.1) is 12.4 Å². The van der Waals surface area contributed by atoms with Crippen molar-refractivity contribution in [1.29, 1.82) is 0 Å². The van der Waals surface area contributed by atoms with Crippen LogP contribution in [0.3, 0.4) is 0 Å². The van der Waals surface area contributed by atoms with Gasteiger partial charge < -0.3 is 5.73 Å². The number of nitrogens with two attached hydrogens (primary N) is 1. The molecule has 124 valence electrons. The van der Waals surface area contributed by atoms with Gasteiger partial charge in [-0.3, -0.25) is 4.98 Å². The fourth-order valence-corrected chi connectivity index (χ4v) is 4.48. The van der Waals surface area contributed by atoms with Crippen molar-refractivity contribution in [2.45, 2.75) is 10.8 Å². The smallest absolute Gasteiger partial charge is 0.244 e. The fourth-order valence-electron chi connectivity index (χ4n) is 2.99. The number of pyridine rings is 1. The van der Waals surface area contributed by atoms with Crippen molar-refractivity contribution in [2.24, 2.45) is 11.7 Å². The zero-order valence-electron chi connectivity index (χ0n) is 12.6. The second kappa shape index (κ2) is 7.40. The van der Waals surface area contributed by atoms with E-state index >= 15 is 0 Å². The van der Waals surface area contributed by atoms with Gasteiger partial charge in [0.15, 0.2) is 0 Å². The Morgan fingerprint density at radius 1 is 1.13 bits per heavy atom. The van der Waals surface area contributed by atoms with Gasteiger partial charge in [-0.1, -0.05) is 30.3 Å². The molecule has 2 heterocycles. The van der Waals surface area contributed by atoms with E-state index in [0.717, 1.165) is 5.56 Å². The first-order valence-electron chi connectivity index (χ1n) is 7.28. The molecule has 0 spiro atoms. The van der Waals surface area contributed by atoms with Crippen molar-refractivity contribution in [3.05, 3.63) is 60.4 Å². The molecule has 0 amide bonds. The first-order chi connectivity index (χ1) is 10.6. The number of sulfonamides is 1. The Hall–Kier alpha value is -1.47. The fraction of sp³-hybridized carbons (Fsp3) is 0.312. The van der Waals surface area contributed by atoms with Crippen molar-refractivity contribution in [3.63, 3.8) is 0 Å². The van der Waals surface area contributed by atoms with E-state index in [1.165, 1.54) is 10.5 Å². The molecule has 0 radical (unpaired) electrons. The lowest BCUT2D eigenvalue weighted by Gasteiger charge is -2.16. The summed E-state index contributed by atoms with van der Waals surface area (Å²) in [6.45, 7) is 1.38. The third-order valence-electron chi connectivity index (χ3n) is 4.21. The summed E-state index contributed by atoms with van der Waals surface area (Å²) >= 11 is 0. The van der Waals surface area contributed by atoms with Gasteiger partial charge >= 0.3 is 0 Å². The van der Waals surface area contributed by atoms with Gasteiger partial charge in [-0.2, -0.15) is 4.31 Å². The zero-order chi connectivity index (χ0) is 15.6. The highest BCUT2D eigenvalue weighted by atomic mass is 35.5. The number of halogens is 1. The number of hydrogen-bond donors (Lipinski definition) is 1. The summed E-state index contributed by atoms with van der Waals surface area (Å²) in [5, 5.41) is 0. The number of hydrogen-bond acceptors (Lipinski definition) is 4. The van der Waals surface area contributed by atoms with Crippen LogP contribution < -0.4 is 5.73 Å². The number of rotatable bonds is 4. The lowest BCUT2D eigenvalue weighted by molar-refractivity contribution is 0.458. The van der Waals surface area contributed by atoms with Crippen LogP contribution in [0.5, 0.6) is 0 Å². The Morgan fingerprint density at radius 3 is 2.48 bits per heavy atom. The second-order valence-corrected chi connectivity index (χ2v) is 7.46. The maximum absolute atomic E-state index is 12.7. The molecule has 7 heteroatoms. The van der Waals surface area contributed by atoms with E-state index in [2.05, 4.69) is 4.98 Å². The number of nitrogens with zero attached hydrogens (tertiary/aromatic N) is 2. The third kappa shape index (κ3) is 3.55. The van der Waals surface area contributed by atoms with E-state index in [0.29, 0.717) is 19.6 Å². The van der Waals surface area contributed by atoms with Crippen LogP contribution in [0.25, 0.3) is 0 Å². The van der Waals surface area contributed by atoms with Gasteiger partial charge in [0.25, 0.3) is 0 Å². The minimum Gasteiger partial charge on any atom is -0.330 e. The van der Waals surface area contributed by atoms with Crippen LogP contribution in [0.4, 0.5) is 0 Å². The molecular formula is C16H20ClN3O2S. The average Bonchev–Trinajstić information content (AvgIpc) is 3.01. The summed E-state index contributed by atoms with van der Waals surface area (Å²) in [7, 11) is -3.51. The molecule has 2 aromatic rings. The molecule has 23 heavy (non-hydrogen) atoms. The van der Waals surface area contributed by atoms with Crippen LogP contribution in [0.2, 0.25) is 0 Å². The Labute approximate surface area is 143 Å². The molecule has 0 bridgehead atoms. The van der Waals surface area contributed by atoms with Crippen molar-refractivity contribution in [1.82, 2.24) is 9.29 Å². The summed E-state index contributed by atoms with van der Waals surface area (Å²) in [6, 6.07) is 13.2.